The first kappa shape index (κ1) is 11.7. The maximum Gasteiger partial charge on any atom is 0.353 e. The predicted octanol–water partition coefficient (Wildman–Crippen LogP) is 1.78. The van der Waals surface area contributed by atoms with E-state index in [2.05, 4.69) is 10.2 Å². The van der Waals surface area contributed by atoms with E-state index in [0.717, 1.165) is 0 Å². The topological polar surface area (TPSA) is 84.4 Å². The van der Waals surface area contributed by atoms with Gasteiger partial charge in [0.15, 0.2) is 6.79 Å². The number of nitrogens with one attached hydrogen (secondary N) is 1. The maximum absolute atomic E-state index is 14.0. The van der Waals surface area contributed by atoms with Gasteiger partial charge in [-0.3, -0.25) is 5.10 Å². The first-order valence-electron chi connectivity index (χ1n) is 5.47. The number of hydrogen-bond acceptors (Lipinski definition) is 4. The van der Waals surface area contributed by atoms with Gasteiger partial charge in [0.25, 0.3) is 0 Å². The van der Waals surface area contributed by atoms with Crippen molar-refractivity contribution in [3.8, 4) is 17.0 Å². The molecule has 1 aromatic carbocycles. The highest BCUT2D eigenvalue weighted by molar-refractivity contribution is 5.86. The van der Waals surface area contributed by atoms with Gasteiger partial charge in [-0.1, -0.05) is 0 Å². The Kier molecular flexibility index (Phi) is 2.68. The van der Waals surface area contributed by atoms with Crippen LogP contribution in [0.5, 0.6) is 5.75 Å². The van der Waals surface area contributed by atoms with E-state index in [4.69, 9.17) is 14.6 Å². The highest BCUT2D eigenvalue weighted by atomic mass is 19.1. The first-order valence-corrected chi connectivity index (χ1v) is 5.47. The number of carbonyl (C=O) groups is 1. The Morgan fingerprint density at radius 3 is 3.00 bits per heavy atom. The lowest BCUT2D eigenvalue weighted by Gasteiger charge is -2.18. The minimum atomic E-state index is -1.15. The normalized spacial score (nSPS) is 13.7. The lowest BCUT2D eigenvalue weighted by atomic mass is 10.1. The molecule has 0 bridgehead atoms. The molecular formula is C12H9FN2O4. The summed E-state index contributed by atoms with van der Waals surface area (Å²) in [5.41, 5.74) is 0.912. The van der Waals surface area contributed by atoms with E-state index in [9.17, 15) is 9.18 Å². The van der Waals surface area contributed by atoms with Gasteiger partial charge in [-0.05, 0) is 18.2 Å². The molecular weight excluding hydrogens is 255 g/mol. The molecule has 7 heteroatoms. The van der Waals surface area contributed by atoms with Crippen molar-refractivity contribution in [1.82, 2.24) is 10.2 Å². The van der Waals surface area contributed by atoms with Gasteiger partial charge in [-0.2, -0.15) is 5.10 Å². The Hall–Kier alpha value is -2.41. The summed E-state index contributed by atoms with van der Waals surface area (Å²) in [5, 5.41) is 14.9. The lowest BCUT2D eigenvalue weighted by molar-refractivity contribution is -0.0165. The fourth-order valence-electron chi connectivity index (χ4n) is 1.86. The monoisotopic (exact) mass is 264 g/mol. The Morgan fingerprint density at radius 1 is 1.42 bits per heavy atom. The van der Waals surface area contributed by atoms with Crippen LogP contribution in [0.25, 0.3) is 11.3 Å². The molecule has 0 aliphatic carbocycles. The number of halogens is 1. The van der Waals surface area contributed by atoms with Crippen LogP contribution in [0, 0.1) is 5.82 Å². The van der Waals surface area contributed by atoms with E-state index in [1.165, 1.54) is 18.2 Å². The Balaban J connectivity index is 2.06. The lowest BCUT2D eigenvalue weighted by Crippen LogP contribution is -2.11. The van der Waals surface area contributed by atoms with Crippen LogP contribution in [0.2, 0.25) is 0 Å². The van der Waals surface area contributed by atoms with Crippen molar-refractivity contribution in [2.24, 2.45) is 0 Å². The molecule has 1 aliphatic heterocycles. The van der Waals surface area contributed by atoms with Crippen LogP contribution in [0.4, 0.5) is 4.39 Å². The van der Waals surface area contributed by atoms with Gasteiger partial charge in [0.05, 0.1) is 12.3 Å². The highest BCUT2D eigenvalue weighted by Gasteiger charge is 2.18. The Morgan fingerprint density at radius 2 is 2.26 bits per heavy atom. The third kappa shape index (κ3) is 2.04. The van der Waals surface area contributed by atoms with Gasteiger partial charge in [-0.25, -0.2) is 9.18 Å². The van der Waals surface area contributed by atoms with Crippen LogP contribution < -0.4 is 4.74 Å². The first-order chi connectivity index (χ1) is 9.15. The van der Waals surface area contributed by atoms with E-state index in [-0.39, 0.29) is 30.4 Å². The standard InChI is InChI=1S/C12H9FN2O4/c13-8-1-6-4-18-5-19-11(6)2-7(8)9-3-10(12(16)17)15-14-9/h1-3H,4-5H2,(H,14,15)(H,16,17). The van der Waals surface area contributed by atoms with Crippen molar-refractivity contribution in [3.05, 3.63) is 35.3 Å². The predicted molar refractivity (Wildman–Crippen MR) is 61.2 cm³/mol. The van der Waals surface area contributed by atoms with Gasteiger partial charge < -0.3 is 14.6 Å². The molecule has 2 N–H and O–H groups in total. The fraction of sp³-hybridized carbons (Fsp3) is 0.167. The van der Waals surface area contributed by atoms with E-state index in [0.29, 0.717) is 11.3 Å². The molecule has 19 heavy (non-hydrogen) atoms. The van der Waals surface area contributed by atoms with Gasteiger partial charge in [-0.15, -0.1) is 0 Å². The summed E-state index contributed by atoms with van der Waals surface area (Å²) in [4.78, 5) is 10.8. The maximum atomic E-state index is 14.0. The van der Waals surface area contributed by atoms with Crippen LogP contribution in [-0.2, 0) is 11.3 Å². The Labute approximate surface area is 106 Å². The number of benzene rings is 1. The number of rotatable bonds is 2. The minimum absolute atomic E-state index is 0.101. The Bertz CT molecular complexity index is 653. The summed E-state index contributed by atoms with van der Waals surface area (Å²) in [5.74, 6) is -1.14. The summed E-state index contributed by atoms with van der Waals surface area (Å²) < 4.78 is 24.3. The van der Waals surface area contributed by atoms with Crippen molar-refractivity contribution in [2.45, 2.75) is 6.61 Å². The number of nitrogens with zero attached hydrogens (tertiary/aromatic N) is 1. The number of aromatic amines is 1. The number of carboxylic acid groups (broad SMARTS) is 1. The van der Waals surface area contributed by atoms with Crippen molar-refractivity contribution in [2.75, 3.05) is 6.79 Å². The quantitative estimate of drug-likeness (QED) is 0.863. The molecule has 0 amide bonds. The van der Waals surface area contributed by atoms with Crippen molar-refractivity contribution < 1.29 is 23.8 Å². The number of fused-ring (bicyclic) bond motifs is 1. The summed E-state index contributed by atoms with van der Waals surface area (Å²) in [6.07, 6.45) is 0. The largest absolute Gasteiger partial charge is 0.477 e. The third-order valence-electron chi connectivity index (χ3n) is 2.79. The van der Waals surface area contributed by atoms with Crippen LogP contribution in [0.1, 0.15) is 16.1 Å². The van der Waals surface area contributed by atoms with Gasteiger partial charge >= 0.3 is 5.97 Å². The van der Waals surface area contributed by atoms with Crippen LogP contribution in [0.15, 0.2) is 18.2 Å². The highest BCUT2D eigenvalue weighted by Crippen LogP contribution is 2.31. The molecule has 0 radical (unpaired) electrons. The summed E-state index contributed by atoms with van der Waals surface area (Å²) in [7, 11) is 0. The number of H-pyrrole nitrogens is 1. The summed E-state index contributed by atoms with van der Waals surface area (Å²) >= 11 is 0. The molecule has 0 unspecified atom stereocenters. The number of ether oxygens (including phenoxy) is 2. The zero-order valence-electron chi connectivity index (χ0n) is 9.64. The van der Waals surface area contributed by atoms with E-state index in [1.807, 2.05) is 0 Å². The van der Waals surface area contributed by atoms with E-state index >= 15 is 0 Å². The molecule has 0 saturated heterocycles. The second-order valence-corrected chi connectivity index (χ2v) is 4.02. The zero-order chi connectivity index (χ0) is 13.4. The molecule has 1 aromatic heterocycles. The second-order valence-electron chi connectivity index (χ2n) is 4.02. The molecule has 0 spiro atoms. The van der Waals surface area contributed by atoms with E-state index < -0.39 is 11.8 Å². The second kappa shape index (κ2) is 4.36. The molecule has 6 nitrogen and oxygen atoms in total. The molecule has 3 rings (SSSR count). The van der Waals surface area contributed by atoms with E-state index in [1.54, 1.807) is 0 Å². The molecule has 1 aliphatic rings. The van der Waals surface area contributed by atoms with Crippen molar-refractivity contribution in [3.63, 3.8) is 0 Å². The average molecular weight is 264 g/mol. The number of hydrogen-bond donors (Lipinski definition) is 2. The van der Waals surface area contributed by atoms with Crippen molar-refractivity contribution >= 4 is 5.97 Å². The third-order valence-corrected chi connectivity index (χ3v) is 2.79. The fourth-order valence-corrected chi connectivity index (χ4v) is 1.86. The molecule has 2 heterocycles. The van der Waals surface area contributed by atoms with Gasteiger partial charge in [0, 0.05) is 11.1 Å². The zero-order valence-corrected chi connectivity index (χ0v) is 9.64. The van der Waals surface area contributed by atoms with Crippen LogP contribution in [-0.4, -0.2) is 28.1 Å². The number of aromatic nitrogens is 2. The van der Waals surface area contributed by atoms with Gasteiger partial charge in [0.2, 0.25) is 0 Å². The molecule has 0 fully saturated rings. The molecule has 0 atom stereocenters. The minimum Gasteiger partial charge on any atom is -0.477 e. The molecule has 2 aromatic rings. The van der Waals surface area contributed by atoms with Gasteiger partial charge in [0.1, 0.15) is 17.3 Å². The summed E-state index contributed by atoms with van der Waals surface area (Å²) in [6, 6.07) is 4.07. The van der Waals surface area contributed by atoms with Crippen molar-refractivity contribution in [1.29, 1.82) is 0 Å². The summed E-state index contributed by atoms with van der Waals surface area (Å²) in [6.45, 7) is 0.395. The molecule has 98 valence electrons. The van der Waals surface area contributed by atoms with Crippen LogP contribution >= 0.6 is 0 Å². The smallest absolute Gasteiger partial charge is 0.353 e. The van der Waals surface area contributed by atoms with Crippen LogP contribution in [0.3, 0.4) is 0 Å². The SMILES string of the molecule is O=C(O)c1cc(-c2cc3c(cc2F)COCO3)n[nH]1. The molecule has 0 saturated carbocycles. The average Bonchev–Trinajstić information content (AvgIpc) is 2.87. The number of aromatic carboxylic acids is 1. The number of carboxylic acids is 1.